The number of hydrogen-bond acceptors (Lipinski definition) is 3. The molecule has 1 aromatic heterocycles. The van der Waals surface area contributed by atoms with E-state index in [1.54, 1.807) is 7.11 Å². The number of rotatable bonds is 5. The van der Waals surface area contributed by atoms with Crippen molar-refractivity contribution in [3.63, 3.8) is 0 Å². The Hall–Kier alpha value is -0.830. The van der Waals surface area contributed by atoms with Crippen molar-refractivity contribution in [2.24, 2.45) is 5.92 Å². The van der Waals surface area contributed by atoms with E-state index >= 15 is 0 Å². The van der Waals surface area contributed by atoms with Crippen molar-refractivity contribution in [2.75, 3.05) is 7.11 Å². The number of hydrogen-bond donors (Lipinski definition) is 0. The Morgan fingerprint density at radius 3 is 2.86 bits per heavy atom. The van der Waals surface area contributed by atoms with Crippen molar-refractivity contribution in [3.05, 3.63) is 16.3 Å². The first-order chi connectivity index (χ1) is 6.67. The third kappa shape index (κ3) is 2.84. The molecule has 0 aliphatic heterocycles. The second kappa shape index (κ2) is 5.15. The highest BCUT2D eigenvalue weighted by atomic mass is 32.1. The molecule has 0 saturated heterocycles. The molecule has 0 fully saturated rings. The first-order valence-electron chi connectivity index (χ1n) is 4.83. The molecule has 1 atom stereocenters. The van der Waals surface area contributed by atoms with E-state index in [4.69, 9.17) is 4.74 Å². The summed E-state index contributed by atoms with van der Waals surface area (Å²) < 4.78 is 5.03. The molecule has 1 rings (SSSR count). The van der Waals surface area contributed by atoms with Crippen LogP contribution in [0.2, 0.25) is 0 Å². The Kier molecular flexibility index (Phi) is 4.14. The van der Waals surface area contributed by atoms with Gasteiger partial charge in [-0.15, -0.1) is 11.3 Å². The summed E-state index contributed by atoms with van der Waals surface area (Å²) in [5, 5.41) is 1.86. The summed E-state index contributed by atoms with van der Waals surface area (Å²) in [4.78, 5) is 12.5. The van der Waals surface area contributed by atoms with Gasteiger partial charge in [-0.3, -0.25) is 4.79 Å². The summed E-state index contributed by atoms with van der Waals surface area (Å²) in [5.41, 5.74) is 0. The van der Waals surface area contributed by atoms with Crippen LogP contribution >= 0.6 is 11.3 Å². The van der Waals surface area contributed by atoms with Gasteiger partial charge in [0, 0.05) is 17.9 Å². The third-order valence-electron chi connectivity index (χ3n) is 2.32. The van der Waals surface area contributed by atoms with Gasteiger partial charge in [-0.05, 0) is 5.92 Å². The average molecular weight is 212 g/mol. The quantitative estimate of drug-likeness (QED) is 0.699. The molecule has 1 heterocycles. The number of methoxy groups -OCH3 is 1. The molecule has 1 aromatic rings. The maximum absolute atomic E-state index is 11.7. The lowest BCUT2D eigenvalue weighted by Gasteiger charge is -2.04. The first-order valence-corrected chi connectivity index (χ1v) is 5.71. The molecular weight excluding hydrogens is 196 g/mol. The smallest absolute Gasteiger partial charge is 0.173 e. The monoisotopic (exact) mass is 212 g/mol. The zero-order valence-electron chi connectivity index (χ0n) is 8.87. The summed E-state index contributed by atoms with van der Waals surface area (Å²) in [6.07, 6.45) is 1.69. The highest BCUT2D eigenvalue weighted by molar-refractivity contribution is 7.12. The third-order valence-corrected chi connectivity index (χ3v) is 3.27. The lowest BCUT2D eigenvalue weighted by Crippen LogP contribution is -2.03. The summed E-state index contributed by atoms with van der Waals surface area (Å²) in [6, 6.07) is 1.81. The molecule has 0 aliphatic rings. The molecule has 0 bridgehead atoms. The van der Waals surface area contributed by atoms with Crippen LogP contribution in [0.5, 0.6) is 5.75 Å². The Bertz CT molecular complexity index is 304. The maximum Gasteiger partial charge on any atom is 0.173 e. The number of ketones is 1. The van der Waals surface area contributed by atoms with Gasteiger partial charge in [-0.1, -0.05) is 20.3 Å². The average Bonchev–Trinajstić information content (AvgIpc) is 2.65. The maximum atomic E-state index is 11.7. The van der Waals surface area contributed by atoms with Crippen LogP contribution in [0.4, 0.5) is 0 Å². The molecule has 3 heteroatoms. The molecule has 0 saturated carbocycles. The molecule has 1 unspecified atom stereocenters. The molecule has 2 nitrogen and oxygen atoms in total. The highest BCUT2D eigenvalue weighted by Gasteiger charge is 2.12. The SMILES string of the molecule is CCC(C)CC(=O)c1cc(OC)cs1. The fraction of sp³-hybridized carbons (Fsp3) is 0.545. The second-order valence-corrected chi connectivity index (χ2v) is 4.40. The van der Waals surface area contributed by atoms with Gasteiger partial charge in [-0.25, -0.2) is 0 Å². The van der Waals surface area contributed by atoms with Crippen molar-refractivity contribution in [2.45, 2.75) is 26.7 Å². The zero-order valence-corrected chi connectivity index (χ0v) is 9.69. The van der Waals surface area contributed by atoms with Crippen LogP contribution in [0.1, 0.15) is 36.4 Å². The van der Waals surface area contributed by atoms with Crippen LogP contribution in [0.25, 0.3) is 0 Å². The number of thiophene rings is 1. The van der Waals surface area contributed by atoms with Crippen LogP contribution < -0.4 is 4.74 Å². The fourth-order valence-electron chi connectivity index (χ4n) is 1.13. The Labute approximate surface area is 88.9 Å². The molecular formula is C11H16O2S. The minimum Gasteiger partial charge on any atom is -0.496 e. The van der Waals surface area contributed by atoms with Crippen LogP contribution in [-0.2, 0) is 0 Å². The highest BCUT2D eigenvalue weighted by Crippen LogP contribution is 2.23. The Balaban J connectivity index is 2.60. The van der Waals surface area contributed by atoms with E-state index in [9.17, 15) is 4.79 Å². The predicted molar refractivity (Wildman–Crippen MR) is 59.3 cm³/mol. The summed E-state index contributed by atoms with van der Waals surface area (Å²) in [7, 11) is 1.62. The standard InChI is InChI=1S/C11H16O2S/c1-4-8(2)5-10(12)11-6-9(13-3)7-14-11/h6-8H,4-5H2,1-3H3. The van der Waals surface area contributed by atoms with Gasteiger partial charge in [-0.2, -0.15) is 0 Å². The molecule has 78 valence electrons. The molecule has 14 heavy (non-hydrogen) atoms. The lowest BCUT2D eigenvalue weighted by atomic mass is 10.0. The normalized spacial score (nSPS) is 12.5. The van der Waals surface area contributed by atoms with Crippen LogP contribution in [0.3, 0.4) is 0 Å². The minimum atomic E-state index is 0.229. The van der Waals surface area contributed by atoms with Crippen molar-refractivity contribution in [3.8, 4) is 5.75 Å². The van der Waals surface area contributed by atoms with Gasteiger partial charge >= 0.3 is 0 Å². The molecule has 0 aliphatic carbocycles. The van der Waals surface area contributed by atoms with Crippen LogP contribution in [0.15, 0.2) is 11.4 Å². The van der Waals surface area contributed by atoms with Crippen molar-refractivity contribution in [1.29, 1.82) is 0 Å². The van der Waals surface area contributed by atoms with E-state index in [1.807, 2.05) is 11.4 Å². The summed E-state index contributed by atoms with van der Waals surface area (Å²) in [5.74, 6) is 1.48. The van der Waals surface area contributed by atoms with E-state index in [0.29, 0.717) is 12.3 Å². The van der Waals surface area contributed by atoms with Gasteiger partial charge < -0.3 is 4.74 Å². The number of ether oxygens (including phenoxy) is 1. The zero-order chi connectivity index (χ0) is 10.6. The van der Waals surface area contributed by atoms with Gasteiger partial charge in [0.25, 0.3) is 0 Å². The number of carbonyl (C=O) groups is 1. The summed E-state index contributed by atoms with van der Waals surface area (Å²) in [6.45, 7) is 4.20. The van der Waals surface area contributed by atoms with Gasteiger partial charge in [0.05, 0.1) is 12.0 Å². The lowest BCUT2D eigenvalue weighted by molar-refractivity contribution is 0.0967. The number of carbonyl (C=O) groups excluding carboxylic acids is 1. The molecule has 0 N–H and O–H groups in total. The number of Topliss-reactive ketones (excluding diaryl/α,β-unsaturated/α-hetero) is 1. The van der Waals surface area contributed by atoms with Gasteiger partial charge in [0.2, 0.25) is 0 Å². The second-order valence-electron chi connectivity index (χ2n) is 3.49. The van der Waals surface area contributed by atoms with Crippen molar-refractivity contribution in [1.82, 2.24) is 0 Å². The topological polar surface area (TPSA) is 26.3 Å². The minimum absolute atomic E-state index is 0.229. The van der Waals surface area contributed by atoms with Crippen molar-refractivity contribution >= 4 is 17.1 Å². The van der Waals surface area contributed by atoms with Gasteiger partial charge in [0.1, 0.15) is 5.75 Å². The van der Waals surface area contributed by atoms with E-state index in [1.165, 1.54) is 11.3 Å². The Morgan fingerprint density at radius 1 is 1.64 bits per heavy atom. The van der Waals surface area contributed by atoms with E-state index in [-0.39, 0.29) is 5.78 Å². The van der Waals surface area contributed by atoms with E-state index in [0.717, 1.165) is 17.0 Å². The largest absolute Gasteiger partial charge is 0.496 e. The van der Waals surface area contributed by atoms with Crippen LogP contribution in [0, 0.1) is 5.92 Å². The summed E-state index contributed by atoms with van der Waals surface area (Å²) >= 11 is 1.46. The van der Waals surface area contributed by atoms with Crippen LogP contribution in [-0.4, -0.2) is 12.9 Å². The first kappa shape index (κ1) is 11.2. The Morgan fingerprint density at radius 2 is 2.36 bits per heavy atom. The molecule has 0 aromatic carbocycles. The molecule has 0 amide bonds. The van der Waals surface area contributed by atoms with E-state index in [2.05, 4.69) is 13.8 Å². The fourth-order valence-corrected chi connectivity index (χ4v) is 1.94. The van der Waals surface area contributed by atoms with Crippen molar-refractivity contribution < 1.29 is 9.53 Å². The molecule has 0 spiro atoms. The predicted octanol–water partition coefficient (Wildman–Crippen LogP) is 3.38. The molecule has 0 radical (unpaired) electrons. The van der Waals surface area contributed by atoms with Gasteiger partial charge in [0.15, 0.2) is 5.78 Å². The van der Waals surface area contributed by atoms with E-state index < -0.39 is 0 Å².